The number of ether oxygens (including phenoxy) is 1. The molecule has 0 saturated heterocycles. The van der Waals surface area contributed by atoms with Crippen LogP contribution in [0.5, 0.6) is 0 Å². The fourth-order valence-electron chi connectivity index (χ4n) is 1.09. The number of H-pyrrole nitrogens is 1. The molecule has 1 N–H and O–H groups in total. The number of hydrogen-bond donors (Lipinski definition) is 1. The van der Waals surface area contributed by atoms with E-state index in [0.717, 1.165) is 0 Å². The van der Waals surface area contributed by atoms with Gasteiger partial charge in [0.1, 0.15) is 5.69 Å². The molecule has 1 aromatic heterocycles. The SMILES string of the molecule is Cc1[nH]nc(C(=O)OC(C)C)c1N=NN(C)C. The molecule has 0 fully saturated rings. The molecule has 7 nitrogen and oxygen atoms in total. The second-order valence-electron chi connectivity index (χ2n) is 4.04. The molecule has 0 aromatic carbocycles. The smallest absolute Gasteiger partial charge is 0.361 e. The van der Waals surface area contributed by atoms with Gasteiger partial charge in [0, 0.05) is 14.1 Å². The van der Waals surface area contributed by atoms with Gasteiger partial charge in [-0.15, -0.1) is 5.11 Å². The van der Waals surface area contributed by atoms with Gasteiger partial charge in [-0.2, -0.15) is 5.10 Å². The molecule has 0 aliphatic rings. The first-order valence-corrected chi connectivity index (χ1v) is 5.26. The van der Waals surface area contributed by atoms with Crippen molar-refractivity contribution < 1.29 is 9.53 Å². The predicted octanol–water partition coefficient (Wildman–Crippen LogP) is 1.84. The third kappa shape index (κ3) is 3.54. The first-order valence-electron chi connectivity index (χ1n) is 5.26. The van der Waals surface area contributed by atoms with Crippen molar-refractivity contribution in [1.29, 1.82) is 0 Å². The van der Waals surface area contributed by atoms with E-state index in [1.54, 1.807) is 34.9 Å². The van der Waals surface area contributed by atoms with E-state index >= 15 is 0 Å². The van der Waals surface area contributed by atoms with Crippen LogP contribution in [-0.2, 0) is 4.74 Å². The molecule has 0 unspecified atom stereocenters. The molecular weight excluding hydrogens is 222 g/mol. The minimum Gasteiger partial charge on any atom is -0.458 e. The number of nitrogens with zero attached hydrogens (tertiary/aromatic N) is 4. The van der Waals surface area contributed by atoms with Crippen LogP contribution in [0.25, 0.3) is 0 Å². The molecular formula is C10H17N5O2. The zero-order valence-corrected chi connectivity index (χ0v) is 10.7. The lowest BCUT2D eigenvalue weighted by Gasteiger charge is -2.06. The molecule has 1 rings (SSSR count). The van der Waals surface area contributed by atoms with Gasteiger partial charge in [-0.1, -0.05) is 5.22 Å². The van der Waals surface area contributed by atoms with E-state index in [9.17, 15) is 4.79 Å². The Morgan fingerprint density at radius 3 is 2.65 bits per heavy atom. The number of esters is 1. The third-order valence-corrected chi connectivity index (χ3v) is 1.77. The van der Waals surface area contributed by atoms with Gasteiger partial charge in [0.25, 0.3) is 0 Å². The second-order valence-corrected chi connectivity index (χ2v) is 4.04. The Kier molecular flexibility index (Phi) is 4.19. The van der Waals surface area contributed by atoms with Crippen molar-refractivity contribution in [3.63, 3.8) is 0 Å². The Labute approximate surface area is 99.8 Å². The van der Waals surface area contributed by atoms with E-state index < -0.39 is 5.97 Å². The lowest BCUT2D eigenvalue weighted by atomic mass is 10.3. The fraction of sp³-hybridized carbons (Fsp3) is 0.600. The van der Waals surface area contributed by atoms with Crippen molar-refractivity contribution in [3.8, 4) is 0 Å². The predicted molar refractivity (Wildman–Crippen MR) is 62.1 cm³/mol. The Morgan fingerprint density at radius 2 is 2.12 bits per heavy atom. The van der Waals surface area contributed by atoms with E-state index in [0.29, 0.717) is 11.4 Å². The first kappa shape index (κ1) is 13.1. The molecule has 0 aliphatic carbocycles. The standard InChI is InChI=1S/C10H17N5O2/c1-6(2)17-10(16)9-8(7(3)11-12-9)13-14-15(4)5/h6H,1-5H3,(H,11,12). The summed E-state index contributed by atoms with van der Waals surface area (Å²) >= 11 is 0. The molecule has 0 atom stereocenters. The Balaban J connectivity index is 2.97. The van der Waals surface area contributed by atoms with Crippen LogP contribution in [0.4, 0.5) is 5.69 Å². The monoisotopic (exact) mass is 239 g/mol. The van der Waals surface area contributed by atoms with Crippen molar-refractivity contribution in [2.24, 2.45) is 10.3 Å². The Hall–Kier alpha value is -1.92. The highest BCUT2D eigenvalue weighted by atomic mass is 16.5. The molecule has 1 heterocycles. The summed E-state index contributed by atoms with van der Waals surface area (Å²) < 4.78 is 5.06. The van der Waals surface area contributed by atoms with Crippen LogP contribution in [0.1, 0.15) is 30.0 Å². The summed E-state index contributed by atoms with van der Waals surface area (Å²) in [6, 6.07) is 0. The molecule has 0 amide bonds. The largest absolute Gasteiger partial charge is 0.458 e. The maximum atomic E-state index is 11.7. The molecule has 0 radical (unpaired) electrons. The number of hydrogen-bond acceptors (Lipinski definition) is 5. The van der Waals surface area contributed by atoms with Gasteiger partial charge in [-0.3, -0.25) is 10.1 Å². The van der Waals surface area contributed by atoms with Gasteiger partial charge < -0.3 is 4.74 Å². The van der Waals surface area contributed by atoms with Crippen molar-refractivity contribution in [2.45, 2.75) is 26.9 Å². The first-order chi connectivity index (χ1) is 7.91. The second kappa shape index (κ2) is 5.42. The number of aromatic nitrogens is 2. The number of aryl methyl sites for hydroxylation is 1. The molecule has 0 aliphatic heterocycles. The maximum Gasteiger partial charge on any atom is 0.361 e. The average molecular weight is 239 g/mol. The van der Waals surface area contributed by atoms with Gasteiger partial charge in [-0.25, -0.2) is 4.79 Å². The number of carbonyl (C=O) groups is 1. The highest BCUT2D eigenvalue weighted by Gasteiger charge is 2.20. The molecule has 0 spiro atoms. The van der Waals surface area contributed by atoms with Crippen molar-refractivity contribution in [2.75, 3.05) is 14.1 Å². The maximum absolute atomic E-state index is 11.7. The Bertz CT molecular complexity index is 422. The summed E-state index contributed by atoms with van der Waals surface area (Å²) in [5, 5.41) is 15.9. The zero-order valence-electron chi connectivity index (χ0n) is 10.7. The molecule has 7 heteroatoms. The van der Waals surface area contributed by atoms with Gasteiger partial charge >= 0.3 is 5.97 Å². The number of nitrogens with one attached hydrogen (secondary N) is 1. The molecule has 94 valence electrons. The number of carbonyl (C=O) groups excluding carboxylic acids is 1. The van der Waals surface area contributed by atoms with E-state index in [-0.39, 0.29) is 11.8 Å². The number of rotatable bonds is 4. The molecule has 0 saturated carbocycles. The summed E-state index contributed by atoms with van der Waals surface area (Å²) in [7, 11) is 3.48. The van der Waals surface area contributed by atoms with Crippen molar-refractivity contribution in [3.05, 3.63) is 11.4 Å². The van der Waals surface area contributed by atoms with Gasteiger partial charge in [0.05, 0.1) is 11.8 Å². The van der Waals surface area contributed by atoms with Crippen LogP contribution in [-0.4, -0.2) is 41.4 Å². The van der Waals surface area contributed by atoms with E-state index in [1.165, 1.54) is 5.01 Å². The van der Waals surface area contributed by atoms with Gasteiger partial charge in [0.2, 0.25) is 0 Å². The highest BCUT2D eigenvalue weighted by Crippen LogP contribution is 2.22. The van der Waals surface area contributed by atoms with Crippen LogP contribution in [0.15, 0.2) is 10.3 Å². The van der Waals surface area contributed by atoms with Crippen molar-refractivity contribution in [1.82, 2.24) is 15.2 Å². The lowest BCUT2D eigenvalue weighted by Crippen LogP contribution is -2.12. The fourth-order valence-corrected chi connectivity index (χ4v) is 1.09. The van der Waals surface area contributed by atoms with E-state index in [2.05, 4.69) is 20.5 Å². The summed E-state index contributed by atoms with van der Waals surface area (Å²) in [5.41, 5.74) is 1.23. The summed E-state index contributed by atoms with van der Waals surface area (Å²) in [6.07, 6.45) is -0.196. The topological polar surface area (TPSA) is 82.9 Å². The molecule has 17 heavy (non-hydrogen) atoms. The van der Waals surface area contributed by atoms with E-state index in [4.69, 9.17) is 4.74 Å². The minimum atomic E-state index is -0.503. The van der Waals surface area contributed by atoms with Crippen molar-refractivity contribution >= 4 is 11.7 Å². The van der Waals surface area contributed by atoms with Gasteiger partial charge in [0.15, 0.2) is 5.69 Å². The molecule has 1 aromatic rings. The van der Waals surface area contributed by atoms with E-state index in [1.807, 2.05) is 0 Å². The third-order valence-electron chi connectivity index (χ3n) is 1.77. The number of aromatic amines is 1. The minimum absolute atomic E-state index is 0.154. The average Bonchev–Trinajstić information content (AvgIpc) is 2.55. The van der Waals surface area contributed by atoms with Crippen LogP contribution in [0.3, 0.4) is 0 Å². The Morgan fingerprint density at radius 1 is 1.47 bits per heavy atom. The van der Waals surface area contributed by atoms with Crippen LogP contribution in [0, 0.1) is 6.92 Å². The summed E-state index contributed by atoms with van der Waals surface area (Å²) in [4.78, 5) is 11.7. The lowest BCUT2D eigenvalue weighted by molar-refractivity contribution is 0.0371. The summed E-state index contributed by atoms with van der Waals surface area (Å²) in [5.74, 6) is -0.503. The zero-order chi connectivity index (χ0) is 13.0. The van der Waals surface area contributed by atoms with Crippen LogP contribution >= 0.6 is 0 Å². The van der Waals surface area contributed by atoms with Gasteiger partial charge in [-0.05, 0) is 20.8 Å². The highest BCUT2D eigenvalue weighted by molar-refractivity contribution is 5.93. The van der Waals surface area contributed by atoms with Crippen LogP contribution < -0.4 is 0 Å². The van der Waals surface area contributed by atoms with Crippen LogP contribution in [0.2, 0.25) is 0 Å². The normalized spacial score (nSPS) is 11.2. The molecule has 0 bridgehead atoms. The summed E-state index contributed by atoms with van der Waals surface area (Å²) in [6.45, 7) is 5.32. The quantitative estimate of drug-likeness (QED) is 0.493.